The van der Waals surface area contributed by atoms with Gasteiger partial charge >= 0.3 is 0 Å². The van der Waals surface area contributed by atoms with Crippen molar-refractivity contribution in [2.45, 2.75) is 6.61 Å². The van der Waals surface area contributed by atoms with Gasteiger partial charge in [-0.15, -0.1) is 0 Å². The minimum absolute atomic E-state index is 0.529. The molecule has 0 spiro atoms. The Bertz CT molecular complexity index is 422. The highest BCUT2D eigenvalue weighted by Crippen LogP contribution is 2.09. The van der Waals surface area contributed by atoms with Crippen LogP contribution in [0, 0.1) is 0 Å². The van der Waals surface area contributed by atoms with Gasteiger partial charge in [-0.05, 0) is 6.07 Å². The molecular formula is C9H11N3O. The van der Waals surface area contributed by atoms with E-state index in [1.807, 2.05) is 28.9 Å². The average Bonchev–Trinajstić information content (AvgIpc) is 2.46. The normalized spacial score (nSPS) is 10.8. The lowest BCUT2D eigenvalue weighted by Gasteiger charge is -1.92. The van der Waals surface area contributed by atoms with Crippen molar-refractivity contribution in [2.75, 3.05) is 12.8 Å². The van der Waals surface area contributed by atoms with Crippen molar-refractivity contribution in [3.8, 4) is 0 Å². The number of nitrogen functional groups attached to an aromatic ring is 1. The minimum Gasteiger partial charge on any atom is -0.399 e. The fourth-order valence-corrected chi connectivity index (χ4v) is 1.27. The topological polar surface area (TPSA) is 52.5 Å². The summed E-state index contributed by atoms with van der Waals surface area (Å²) in [7, 11) is 1.65. The van der Waals surface area contributed by atoms with E-state index in [2.05, 4.69) is 4.98 Å². The van der Waals surface area contributed by atoms with E-state index in [-0.39, 0.29) is 0 Å². The van der Waals surface area contributed by atoms with Crippen LogP contribution in [0.25, 0.3) is 5.65 Å². The van der Waals surface area contributed by atoms with E-state index < -0.39 is 0 Å². The van der Waals surface area contributed by atoms with Crippen molar-refractivity contribution < 1.29 is 4.74 Å². The van der Waals surface area contributed by atoms with Crippen molar-refractivity contribution in [2.24, 2.45) is 0 Å². The van der Waals surface area contributed by atoms with Crippen LogP contribution in [0.5, 0.6) is 0 Å². The molecule has 4 nitrogen and oxygen atoms in total. The molecule has 2 heterocycles. The van der Waals surface area contributed by atoms with E-state index in [1.165, 1.54) is 0 Å². The maximum absolute atomic E-state index is 5.62. The number of nitrogens with two attached hydrogens (primary N) is 1. The third kappa shape index (κ3) is 1.48. The summed E-state index contributed by atoms with van der Waals surface area (Å²) in [5.74, 6) is 0. The summed E-state index contributed by atoms with van der Waals surface area (Å²) >= 11 is 0. The molecule has 4 heteroatoms. The van der Waals surface area contributed by atoms with Gasteiger partial charge in [0.15, 0.2) is 0 Å². The van der Waals surface area contributed by atoms with Crippen LogP contribution < -0.4 is 5.73 Å². The fraction of sp³-hybridized carbons (Fsp3) is 0.222. The molecule has 0 amide bonds. The molecule has 0 aliphatic rings. The smallest absolute Gasteiger partial charge is 0.139 e. The number of hydrogen-bond acceptors (Lipinski definition) is 3. The molecule has 13 heavy (non-hydrogen) atoms. The molecule has 0 atom stereocenters. The third-order valence-electron chi connectivity index (χ3n) is 1.83. The van der Waals surface area contributed by atoms with Gasteiger partial charge in [-0.25, -0.2) is 4.98 Å². The van der Waals surface area contributed by atoms with Gasteiger partial charge in [0.25, 0.3) is 0 Å². The van der Waals surface area contributed by atoms with Crippen molar-refractivity contribution in [3.05, 3.63) is 30.2 Å². The van der Waals surface area contributed by atoms with E-state index in [4.69, 9.17) is 10.5 Å². The van der Waals surface area contributed by atoms with Gasteiger partial charge in [0.1, 0.15) is 5.65 Å². The number of hydrogen-bond donors (Lipinski definition) is 1. The van der Waals surface area contributed by atoms with Crippen molar-refractivity contribution >= 4 is 11.3 Å². The Morgan fingerprint density at radius 3 is 3.23 bits per heavy atom. The zero-order valence-electron chi connectivity index (χ0n) is 7.40. The quantitative estimate of drug-likeness (QED) is 0.746. The van der Waals surface area contributed by atoms with Crippen LogP contribution in [0.1, 0.15) is 5.69 Å². The molecule has 0 bridgehead atoms. The summed E-state index contributed by atoms with van der Waals surface area (Å²) in [4.78, 5) is 4.32. The highest BCUT2D eigenvalue weighted by Gasteiger charge is 2.00. The van der Waals surface area contributed by atoms with Crippen LogP contribution in [-0.2, 0) is 11.3 Å². The number of anilines is 1. The Morgan fingerprint density at radius 2 is 2.46 bits per heavy atom. The molecule has 0 fully saturated rings. The molecule has 0 unspecified atom stereocenters. The molecule has 0 radical (unpaired) electrons. The number of aromatic nitrogens is 2. The Balaban J connectivity index is 2.49. The first-order chi connectivity index (χ1) is 6.29. The van der Waals surface area contributed by atoms with Crippen LogP contribution in [0.4, 0.5) is 5.69 Å². The number of fused-ring (bicyclic) bond motifs is 1. The first-order valence-electron chi connectivity index (χ1n) is 4.01. The van der Waals surface area contributed by atoms with Gasteiger partial charge in [0.2, 0.25) is 0 Å². The SMILES string of the molecule is COCc1cn2ccc(N)cc2n1. The molecule has 2 rings (SSSR count). The average molecular weight is 177 g/mol. The van der Waals surface area contributed by atoms with Crippen LogP contribution in [0.2, 0.25) is 0 Å². The molecule has 2 aromatic heterocycles. The number of ether oxygens (including phenoxy) is 1. The number of methoxy groups -OCH3 is 1. The molecule has 2 N–H and O–H groups in total. The first-order valence-corrected chi connectivity index (χ1v) is 4.01. The number of pyridine rings is 1. The predicted molar refractivity (Wildman–Crippen MR) is 50.3 cm³/mol. The Hall–Kier alpha value is -1.55. The molecule has 0 aliphatic carbocycles. The van der Waals surface area contributed by atoms with Crippen LogP contribution in [0.15, 0.2) is 24.5 Å². The fourth-order valence-electron chi connectivity index (χ4n) is 1.27. The van der Waals surface area contributed by atoms with Gasteiger partial charge in [0, 0.05) is 31.3 Å². The van der Waals surface area contributed by atoms with Crippen molar-refractivity contribution in [1.29, 1.82) is 0 Å². The third-order valence-corrected chi connectivity index (χ3v) is 1.83. The number of imidazole rings is 1. The lowest BCUT2D eigenvalue weighted by molar-refractivity contribution is 0.182. The predicted octanol–water partition coefficient (Wildman–Crippen LogP) is 1.06. The largest absolute Gasteiger partial charge is 0.399 e. The summed E-state index contributed by atoms with van der Waals surface area (Å²) in [5.41, 5.74) is 8.11. The Morgan fingerprint density at radius 1 is 1.62 bits per heavy atom. The van der Waals surface area contributed by atoms with E-state index in [1.54, 1.807) is 7.11 Å². The Kier molecular flexibility index (Phi) is 1.90. The van der Waals surface area contributed by atoms with Crippen molar-refractivity contribution in [3.63, 3.8) is 0 Å². The summed E-state index contributed by atoms with van der Waals surface area (Å²) in [5, 5.41) is 0. The molecular weight excluding hydrogens is 166 g/mol. The number of nitrogens with zero attached hydrogens (tertiary/aromatic N) is 2. The molecule has 0 aromatic carbocycles. The van der Waals surface area contributed by atoms with Crippen LogP contribution in [0.3, 0.4) is 0 Å². The minimum atomic E-state index is 0.529. The van der Waals surface area contributed by atoms with Gasteiger partial charge in [-0.1, -0.05) is 0 Å². The van der Waals surface area contributed by atoms with Crippen LogP contribution >= 0.6 is 0 Å². The first kappa shape index (κ1) is 8.07. The van der Waals surface area contributed by atoms with Gasteiger partial charge < -0.3 is 14.9 Å². The molecule has 68 valence electrons. The second-order valence-electron chi connectivity index (χ2n) is 2.89. The summed E-state index contributed by atoms with van der Waals surface area (Å²) < 4.78 is 6.90. The van der Waals surface area contributed by atoms with E-state index in [0.29, 0.717) is 6.61 Å². The highest BCUT2D eigenvalue weighted by molar-refractivity contribution is 5.51. The standard InChI is InChI=1S/C9H11N3O/c1-13-6-8-5-12-3-2-7(10)4-9(12)11-8/h2-5H,6,10H2,1H3. The van der Waals surface area contributed by atoms with Gasteiger partial charge in [-0.2, -0.15) is 0 Å². The monoisotopic (exact) mass is 177 g/mol. The molecule has 0 saturated carbocycles. The summed E-state index contributed by atoms with van der Waals surface area (Å²) in [6, 6.07) is 3.67. The maximum atomic E-state index is 5.62. The molecule has 0 aliphatic heterocycles. The zero-order valence-corrected chi connectivity index (χ0v) is 7.40. The molecule has 2 aromatic rings. The second kappa shape index (κ2) is 3.06. The van der Waals surface area contributed by atoms with Crippen LogP contribution in [-0.4, -0.2) is 16.5 Å². The zero-order chi connectivity index (χ0) is 9.26. The maximum Gasteiger partial charge on any atom is 0.139 e. The highest BCUT2D eigenvalue weighted by atomic mass is 16.5. The second-order valence-corrected chi connectivity index (χ2v) is 2.89. The van der Waals surface area contributed by atoms with Crippen molar-refractivity contribution in [1.82, 2.24) is 9.38 Å². The van der Waals surface area contributed by atoms with Gasteiger partial charge in [0.05, 0.1) is 12.3 Å². The number of rotatable bonds is 2. The summed E-state index contributed by atoms with van der Waals surface area (Å²) in [6.07, 6.45) is 3.81. The van der Waals surface area contributed by atoms with E-state index in [9.17, 15) is 0 Å². The Labute approximate surface area is 76.0 Å². The van der Waals surface area contributed by atoms with E-state index in [0.717, 1.165) is 17.0 Å². The lowest BCUT2D eigenvalue weighted by Crippen LogP contribution is -1.87. The van der Waals surface area contributed by atoms with E-state index >= 15 is 0 Å². The van der Waals surface area contributed by atoms with Gasteiger partial charge in [-0.3, -0.25) is 0 Å². The lowest BCUT2D eigenvalue weighted by atomic mass is 10.4. The summed E-state index contributed by atoms with van der Waals surface area (Å²) in [6.45, 7) is 0.529. The molecule has 0 saturated heterocycles.